The summed E-state index contributed by atoms with van der Waals surface area (Å²) in [5.74, 6) is 0.716. The van der Waals surface area contributed by atoms with Gasteiger partial charge in [0.25, 0.3) is 0 Å². The van der Waals surface area contributed by atoms with Crippen LogP contribution in [0.5, 0.6) is 5.75 Å². The summed E-state index contributed by atoms with van der Waals surface area (Å²) in [5.41, 5.74) is 2.78. The molecule has 0 spiro atoms. The molecule has 1 N–H and O–H groups in total. The van der Waals surface area contributed by atoms with Crippen molar-refractivity contribution in [1.29, 1.82) is 5.26 Å². The van der Waals surface area contributed by atoms with Gasteiger partial charge in [0, 0.05) is 7.11 Å². The van der Waals surface area contributed by atoms with Gasteiger partial charge < -0.3 is 14.8 Å². The highest BCUT2D eigenvalue weighted by atomic mass is 16.5. The van der Waals surface area contributed by atoms with Crippen molar-refractivity contribution in [3.63, 3.8) is 0 Å². The fourth-order valence-electron chi connectivity index (χ4n) is 2.08. The molecular weight excluding hydrogens is 264 g/mol. The SMILES string of the molecule is COCc1ccc(C(C#N)Nc2ccccc2OC)cc1. The lowest BCUT2D eigenvalue weighted by Gasteiger charge is -2.16. The predicted octanol–water partition coefficient (Wildman–Crippen LogP) is 3.52. The van der Waals surface area contributed by atoms with E-state index in [4.69, 9.17) is 9.47 Å². The first-order chi connectivity index (χ1) is 10.3. The lowest BCUT2D eigenvalue weighted by molar-refractivity contribution is 0.185. The third kappa shape index (κ3) is 3.74. The van der Waals surface area contributed by atoms with E-state index in [1.165, 1.54) is 0 Å². The highest BCUT2D eigenvalue weighted by Crippen LogP contribution is 2.27. The Labute approximate surface area is 124 Å². The first-order valence-electron chi connectivity index (χ1n) is 6.65. The maximum Gasteiger partial charge on any atom is 0.141 e. The smallest absolute Gasteiger partial charge is 0.141 e. The van der Waals surface area contributed by atoms with Gasteiger partial charge in [-0.05, 0) is 23.3 Å². The zero-order chi connectivity index (χ0) is 15.1. The van der Waals surface area contributed by atoms with E-state index < -0.39 is 6.04 Å². The van der Waals surface area contributed by atoms with Gasteiger partial charge in [0.05, 0.1) is 25.5 Å². The number of para-hydroxylation sites is 2. The first-order valence-corrected chi connectivity index (χ1v) is 6.65. The molecular formula is C17H18N2O2. The third-order valence-electron chi connectivity index (χ3n) is 3.16. The van der Waals surface area contributed by atoms with Crippen LogP contribution >= 0.6 is 0 Å². The number of methoxy groups -OCH3 is 2. The van der Waals surface area contributed by atoms with Gasteiger partial charge >= 0.3 is 0 Å². The lowest BCUT2D eigenvalue weighted by atomic mass is 10.1. The minimum Gasteiger partial charge on any atom is -0.495 e. The van der Waals surface area contributed by atoms with Crippen LogP contribution in [0, 0.1) is 11.3 Å². The lowest BCUT2D eigenvalue weighted by Crippen LogP contribution is -2.09. The Morgan fingerprint density at radius 3 is 2.43 bits per heavy atom. The van der Waals surface area contributed by atoms with Gasteiger partial charge in [-0.3, -0.25) is 0 Å². The van der Waals surface area contributed by atoms with Crippen LogP contribution in [0.15, 0.2) is 48.5 Å². The summed E-state index contributed by atoms with van der Waals surface area (Å²) in [4.78, 5) is 0. The average molecular weight is 282 g/mol. The van der Waals surface area contributed by atoms with E-state index in [9.17, 15) is 5.26 Å². The molecule has 0 aliphatic carbocycles. The van der Waals surface area contributed by atoms with Crippen molar-refractivity contribution in [3.05, 3.63) is 59.7 Å². The summed E-state index contributed by atoms with van der Waals surface area (Å²) in [6.07, 6.45) is 0. The normalized spacial score (nSPS) is 11.5. The van der Waals surface area contributed by atoms with Crippen LogP contribution in [0.4, 0.5) is 5.69 Å². The monoisotopic (exact) mass is 282 g/mol. The summed E-state index contributed by atoms with van der Waals surface area (Å²) in [5, 5.41) is 12.6. The molecule has 1 atom stereocenters. The van der Waals surface area contributed by atoms with Crippen LogP contribution in [0.1, 0.15) is 17.2 Å². The van der Waals surface area contributed by atoms with Crippen molar-refractivity contribution >= 4 is 5.69 Å². The molecule has 0 radical (unpaired) electrons. The molecule has 0 saturated heterocycles. The maximum absolute atomic E-state index is 9.40. The number of rotatable bonds is 6. The fraction of sp³-hybridized carbons (Fsp3) is 0.235. The Morgan fingerprint density at radius 2 is 1.81 bits per heavy atom. The van der Waals surface area contributed by atoms with E-state index in [1.807, 2.05) is 48.5 Å². The largest absolute Gasteiger partial charge is 0.495 e. The van der Waals surface area contributed by atoms with Crippen LogP contribution < -0.4 is 10.1 Å². The van der Waals surface area contributed by atoms with E-state index in [0.717, 1.165) is 16.8 Å². The maximum atomic E-state index is 9.40. The zero-order valence-corrected chi connectivity index (χ0v) is 12.2. The average Bonchev–Trinajstić information content (AvgIpc) is 2.54. The minimum atomic E-state index is -0.433. The van der Waals surface area contributed by atoms with Crippen LogP contribution in [-0.2, 0) is 11.3 Å². The number of nitrogens with one attached hydrogen (secondary N) is 1. The summed E-state index contributed by atoms with van der Waals surface area (Å²) < 4.78 is 10.4. The number of benzene rings is 2. The molecule has 0 aliphatic rings. The van der Waals surface area contributed by atoms with Gasteiger partial charge in [0.2, 0.25) is 0 Å². The molecule has 0 bridgehead atoms. The third-order valence-corrected chi connectivity index (χ3v) is 3.16. The van der Waals surface area contributed by atoms with Crippen molar-refractivity contribution < 1.29 is 9.47 Å². The Balaban J connectivity index is 2.18. The summed E-state index contributed by atoms with van der Waals surface area (Å²) in [6, 6.07) is 17.2. The molecule has 0 amide bonds. The van der Waals surface area contributed by atoms with E-state index in [2.05, 4.69) is 11.4 Å². The van der Waals surface area contributed by atoms with Gasteiger partial charge in [0.15, 0.2) is 0 Å². The van der Waals surface area contributed by atoms with Crippen molar-refractivity contribution in [1.82, 2.24) is 0 Å². The number of ether oxygens (including phenoxy) is 2. The van der Waals surface area contributed by atoms with Gasteiger partial charge in [0.1, 0.15) is 11.8 Å². The number of nitriles is 1. The molecule has 2 aromatic rings. The second-order valence-electron chi connectivity index (χ2n) is 4.58. The van der Waals surface area contributed by atoms with Crippen LogP contribution in [0.25, 0.3) is 0 Å². The highest BCUT2D eigenvalue weighted by molar-refractivity contribution is 5.58. The van der Waals surface area contributed by atoms with E-state index >= 15 is 0 Å². The number of hydrogen-bond acceptors (Lipinski definition) is 4. The fourth-order valence-corrected chi connectivity index (χ4v) is 2.08. The Kier molecular flexibility index (Phi) is 5.19. The summed E-state index contributed by atoms with van der Waals surface area (Å²) in [6.45, 7) is 0.567. The van der Waals surface area contributed by atoms with Crippen LogP contribution in [0.3, 0.4) is 0 Å². The molecule has 0 saturated carbocycles. The quantitative estimate of drug-likeness (QED) is 0.880. The number of hydrogen-bond donors (Lipinski definition) is 1. The van der Waals surface area contributed by atoms with Crippen molar-refractivity contribution in [3.8, 4) is 11.8 Å². The van der Waals surface area contributed by atoms with E-state index in [-0.39, 0.29) is 0 Å². The molecule has 0 heterocycles. The van der Waals surface area contributed by atoms with Gasteiger partial charge in [-0.1, -0.05) is 36.4 Å². The molecule has 0 aromatic heterocycles. The zero-order valence-electron chi connectivity index (χ0n) is 12.2. The molecule has 108 valence electrons. The molecule has 2 aromatic carbocycles. The predicted molar refractivity (Wildman–Crippen MR) is 82.1 cm³/mol. The standard InChI is InChI=1S/C17H18N2O2/c1-20-12-13-7-9-14(10-8-13)16(11-18)19-15-5-3-4-6-17(15)21-2/h3-10,16,19H,12H2,1-2H3. The number of nitrogens with zero attached hydrogens (tertiary/aromatic N) is 1. The molecule has 1 unspecified atom stereocenters. The Bertz CT molecular complexity index is 617. The summed E-state index contributed by atoms with van der Waals surface area (Å²) in [7, 11) is 3.27. The van der Waals surface area contributed by atoms with Gasteiger partial charge in [-0.25, -0.2) is 0 Å². The highest BCUT2D eigenvalue weighted by Gasteiger charge is 2.12. The van der Waals surface area contributed by atoms with Crippen molar-refractivity contribution in [2.75, 3.05) is 19.5 Å². The van der Waals surface area contributed by atoms with Crippen LogP contribution in [-0.4, -0.2) is 14.2 Å². The van der Waals surface area contributed by atoms with E-state index in [0.29, 0.717) is 12.4 Å². The second-order valence-corrected chi connectivity index (χ2v) is 4.58. The first kappa shape index (κ1) is 14.9. The van der Waals surface area contributed by atoms with Gasteiger partial charge in [-0.2, -0.15) is 5.26 Å². The molecule has 4 nitrogen and oxygen atoms in total. The minimum absolute atomic E-state index is 0.433. The topological polar surface area (TPSA) is 54.3 Å². The second kappa shape index (κ2) is 7.32. The van der Waals surface area contributed by atoms with Crippen LogP contribution in [0.2, 0.25) is 0 Å². The Morgan fingerprint density at radius 1 is 1.10 bits per heavy atom. The molecule has 21 heavy (non-hydrogen) atoms. The molecule has 4 heteroatoms. The summed E-state index contributed by atoms with van der Waals surface area (Å²) >= 11 is 0. The molecule has 0 fully saturated rings. The number of anilines is 1. The molecule has 2 rings (SSSR count). The molecule has 0 aliphatic heterocycles. The Hall–Kier alpha value is -2.51. The van der Waals surface area contributed by atoms with Gasteiger partial charge in [-0.15, -0.1) is 0 Å². The van der Waals surface area contributed by atoms with Crippen molar-refractivity contribution in [2.45, 2.75) is 12.6 Å². The van der Waals surface area contributed by atoms with E-state index in [1.54, 1.807) is 14.2 Å². The van der Waals surface area contributed by atoms with Crippen molar-refractivity contribution in [2.24, 2.45) is 0 Å².